The van der Waals surface area contributed by atoms with E-state index in [1.165, 1.54) is 23.9 Å². The summed E-state index contributed by atoms with van der Waals surface area (Å²) in [6.45, 7) is 1.80. The minimum Gasteiger partial charge on any atom is -0.387 e. The molecule has 20 heavy (non-hydrogen) atoms. The number of nitrogens with zero attached hydrogens (tertiary/aromatic N) is 1. The third kappa shape index (κ3) is 4.39. The Balaban J connectivity index is 2.95. The third-order valence-electron chi connectivity index (χ3n) is 2.59. The molecule has 0 fully saturated rings. The van der Waals surface area contributed by atoms with Crippen molar-refractivity contribution in [2.75, 3.05) is 23.9 Å². The van der Waals surface area contributed by atoms with Crippen molar-refractivity contribution in [2.45, 2.75) is 12.5 Å². The maximum atomic E-state index is 11.0. The maximum absolute atomic E-state index is 11.0. The number of amides is 1. The first-order valence-corrected chi connectivity index (χ1v) is 7.19. The molecule has 110 valence electrons. The van der Waals surface area contributed by atoms with Gasteiger partial charge < -0.3 is 16.2 Å². The SMILES string of the molecule is CSCC(C)(O)CNc1ccc(C(N)=O)cc1[N+](=O)[O-]. The van der Waals surface area contributed by atoms with Crippen LogP contribution in [-0.2, 0) is 0 Å². The molecule has 1 amide bonds. The van der Waals surface area contributed by atoms with Crippen molar-refractivity contribution >= 4 is 29.0 Å². The topological polar surface area (TPSA) is 118 Å². The number of nitro benzene ring substituents is 1. The Morgan fingerprint density at radius 1 is 1.60 bits per heavy atom. The van der Waals surface area contributed by atoms with Crippen LogP contribution in [0, 0.1) is 10.1 Å². The third-order valence-corrected chi connectivity index (χ3v) is 3.50. The second-order valence-electron chi connectivity index (χ2n) is 4.64. The first kappa shape index (κ1) is 16.3. The van der Waals surface area contributed by atoms with Crippen molar-refractivity contribution in [1.82, 2.24) is 0 Å². The summed E-state index contributed by atoms with van der Waals surface area (Å²) in [5.74, 6) is -0.235. The molecule has 0 heterocycles. The van der Waals surface area contributed by atoms with Crippen molar-refractivity contribution in [3.05, 3.63) is 33.9 Å². The number of nitrogens with one attached hydrogen (secondary N) is 1. The summed E-state index contributed by atoms with van der Waals surface area (Å²) in [7, 11) is 0. The van der Waals surface area contributed by atoms with Gasteiger partial charge in [0.2, 0.25) is 5.91 Å². The minimum atomic E-state index is -0.990. The van der Waals surface area contributed by atoms with Crippen molar-refractivity contribution in [1.29, 1.82) is 0 Å². The lowest BCUT2D eigenvalue weighted by molar-refractivity contribution is -0.384. The van der Waals surface area contributed by atoms with Gasteiger partial charge in [-0.15, -0.1) is 0 Å². The van der Waals surface area contributed by atoms with Crippen LogP contribution in [0.3, 0.4) is 0 Å². The monoisotopic (exact) mass is 299 g/mol. The van der Waals surface area contributed by atoms with Crippen molar-refractivity contribution in [3.8, 4) is 0 Å². The van der Waals surface area contributed by atoms with Crippen molar-refractivity contribution in [2.24, 2.45) is 5.73 Å². The van der Waals surface area contributed by atoms with E-state index in [4.69, 9.17) is 5.73 Å². The molecule has 0 aliphatic heterocycles. The number of carbonyl (C=O) groups is 1. The molecule has 1 rings (SSSR count). The highest BCUT2D eigenvalue weighted by Gasteiger charge is 2.22. The Kier molecular flexibility index (Phi) is 5.34. The molecule has 7 nitrogen and oxygen atoms in total. The van der Waals surface area contributed by atoms with E-state index in [1.54, 1.807) is 6.92 Å². The lowest BCUT2D eigenvalue weighted by Gasteiger charge is -2.23. The number of hydrogen-bond acceptors (Lipinski definition) is 6. The van der Waals surface area contributed by atoms with Crippen LogP contribution in [0.1, 0.15) is 17.3 Å². The zero-order valence-corrected chi connectivity index (χ0v) is 12.1. The summed E-state index contributed by atoms with van der Waals surface area (Å²) in [6.07, 6.45) is 1.86. The van der Waals surface area contributed by atoms with Gasteiger partial charge in [-0.2, -0.15) is 11.8 Å². The summed E-state index contributed by atoms with van der Waals surface area (Å²) in [4.78, 5) is 21.4. The Bertz CT molecular complexity index is 519. The molecule has 0 aliphatic carbocycles. The molecule has 0 saturated heterocycles. The minimum absolute atomic E-state index is 0.0677. The molecule has 1 aromatic carbocycles. The summed E-state index contributed by atoms with van der Waals surface area (Å²) < 4.78 is 0. The van der Waals surface area contributed by atoms with Crippen molar-refractivity contribution < 1.29 is 14.8 Å². The van der Waals surface area contributed by atoms with E-state index in [9.17, 15) is 20.0 Å². The number of benzene rings is 1. The molecule has 8 heteroatoms. The number of primary amides is 1. The normalized spacial score (nSPS) is 13.6. The Morgan fingerprint density at radius 2 is 2.25 bits per heavy atom. The van der Waals surface area contributed by atoms with Gasteiger partial charge in [-0.25, -0.2) is 0 Å². The molecule has 0 aromatic heterocycles. The van der Waals surface area contributed by atoms with Crippen LogP contribution in [0.25, 0.3) is 0 Å². The molecule has 4 N–H and O–H groups in total. The van der Waals surface area contributed by atoms with E-state index in [0.29, 0.717) is 5.75 Å². The first-order valence-electron chi connectivity index (χ1n) is 5.80. The number of anilines is 1. The summed E-state index contributed by atoms with van der Waals surface area (Å²) >= 11 is 1.48. The largest absolute Gasteiger partial charge is 0.387 e. The quantitative estimate of drug-likeness (QED) is 0.514. The second-order valence-corrected chi connectivity index (χ2v) is 5.50. The highest BCUT2D eigenvalue weighted by molar-refractivity contribution is 7.98. The van der Waals surface area contributed by atoms with Gasteiger partial charge in [-0.3, -0.25) is 14.9 Å². The summed E-state index contributed by atoms with van der Waals surface area (Å²) in [5, 5.41) is 23.8. The second kappa shape index (κ2) is 6.58. The van der Waals surface area contributed by atoms with E-state index in [0.717, 1.165) is 6.07 Å². The molecule has 1 atom stereocenters. The van der Waals surface area contributed by atoms with Gasteiger partial charge in [0, 0.05) is 23.9 Å². The summed E-state index contributed by atoms with van der Waals surface area (Å²) in [6, 6.07) is 3.93. The van der Waals surface area contributed by atoms with Crippen LogP contribution in [0.5, 0.6) is 0 Å². The van der Waals surface area contributed by atoms with Gasteiger partial charge in [0.1, 0.15) is 5.69 Å². The standard InChI is InChI=1S/C12H17N3O4S/c1-12(17,7-20-2)6-14-9-4-3-8(11(13)16)5-10(9)15(18)19/h3-5,14,17H,6-7H2,1-2H3,(H2,13,16). The molecule has 1 unspecified atom stereocenters. The fraction of sp³-hybridized carbons (Fsp3) is 0.417. The number of carbonyl (C=O) groups excluding carboxylic acids is 1. The Morgan fingerprint density at radius 3 is 2.75 bits per heavy atom. The van der Waals surface area contributed by atoms with Crippen LogP contribution in [-0.4, -0.2) is 40.1 Å². The van der Waals surface area contributed by atoms with E-state index in [2.05, 4.69) is 5.32 Å². The van der Waals surface area contributed by atoms with Crippen LogP contribution < -0.4 is 11.1 Å². The van der Waals surface area contributed by atoms with E-state index < -0.39 is 16.4 Å². The summed E-state index contributed by atoms with van der Waals surface area (Å²) in [5.41, 5.74) is 4.16. The number of hydrogen-bond donors (Lipinski definition) is 3. The number of thioether (sulfide) groups is 1. The Labute approximate surface area is 120 Å². The Hall–Kier alpha value is -1.80. The highest BCUT2D eigenvalue weighted by Crippen LogP contribution is 2.26. The van der Waals surface area contributed by atoms with Gasteiger partial charge in [-0.05, 0) is 25.3 Å². The number of nitrogens with two attached hydrogens (primary N) is 1. The van der Waals surface area contributed by atoms with Gasteiger partial charge in [0.15, 0.2) is 0 Å². The van der Waals surface area contributed by atoms with Gasteiger partial charge in [0.25, 0.3) is 5.69 Å². The lowest BCUT2D eigenvalue weighted by atomic mass is 10.1. The predicted octanol–water partition coefficient (Wildman–Crippen LogP) is 1.22. The average molecular weight is 299 g/mol. The van der Waals surface area contributed by atoms with Crippen molar-refractivity contribution in [3.63, 3.8) is 0 Å². The number of aliphatic hydroxyl groups is 1. The number of rotatable bonds is 7. The average Bonchev–Trinajstić information content (AvgIpc) is 2.36. The zero-order chi connectivity index (χ0) is 15.3. The molecule has 0 radical (unpaired) electrons. The van der Waals surface area contributed by atoms with Crippen LogP contribution in [0.4, 0.5) is 11.4 Å². The molecule has 0 spiro atoms. The van der Waals surface area contributed by atoms with Gasteiger partial charge in [0.05, 0.1) is 10.5 Å². The van der Waals surface area contributed by atoms with Gasteiger partial charge >= 0.3 is 0 Å². The molecule has 0 saturated carbocycles. The predicted molar refractivity (Wildman–Crippen MR) is 79.1 cm³/mol. The smallest absolute Gasteiger partial charge is 0.293 e. The van der Waals surface area contributed by atoms with E-state index in [1.807, 2.05) is 6.26 Å². The first-order chi connectivity index (χ1) is 9.26. The molecular weight excluding hydrogens is 282 g/mol. The zero-order valence-electron chi connectivity index (χ0n) is 11.3. The molecule has 1 aromatic rings. The molecular formula is C12H17N3O4S. The molecule has 0 bridgehead atoms. The lowest BCUT2D eigenvalue weighted by Crippen LogP contribution is -2.36. The van der Waals surface area contributed by atoms with Crippen LogP contribution in [0.15, 0.2) is 18.2 Å². The molecule has 0 aliphatic rings. The van der Waals surface area contributed by atoms with E-state index >= 15 is 0 Å². The maximum Gasteiger partial charge on any atom is 0.293 e. The number of nitro groups is 1. The van der Waals surface area contributed by atoms with Crippen LogP contribution in [0.2, 0.25) is 0 Å². The highest BCUT2D eigenvalue weighted by atomic mass is 32.2. The van der Waals surface area contributed by atoms with Gasteiger partial charge in [-0.1, -0.05) is 0 Å². The van der Waals surface area contributed by atoms with Crippen LogP contribution >= 0.6 is 11.8 Å². The fourth-order valence-electron chi connectivity index (χ4n) is 1.63. The fourth-order valence-corrected chi connectivity index (χ4v) is 2.36. The van der Waals surface area contributed by atoms with E-state index in [-0.39, 0.29) is 23.5 Å².